The van der Waals surface area contributed by atoms with Crippen molar-refractivity contribution < 1.29 is 23.9 Å². The first kappa shape index (κ1) is 28.5. The van der Waals surface area contributed by atoms with Gasteiger partial charge in [-0.05, 0) is 32.6 Å². The van der Waals surface area contributed by atoms with Gasteiger partial charge in [0.1, 0.15) is 24.7 Å². The Morgan fingerprint density at radius 3 is 2.41 bits per heavy atom. The number of rotatable bonds is 9. The summed E-state index contributed by atoms with van der Waals surface area (Å²) in [5.41, 5.74) is 2.80. The number of amides is 3. The highest BCUT2D eigenvalue weighted by Crippen LogP contribution is 2.26. The van der Waals surface area contributed by atoms with Crippen LogP contribution in [0.2, 0.25) is 0 Å². The molecule has 3 amide bonds. The second kappa shape index (κ2) is 13.2. The number of alkyl halides is 3. The number of allylic oxidation sites excluding steroid dienone is 1. The van der Waals surface area contributed by atoms with Crippen LogP contribution < -0.4 is 16.1 Å². The van der Waals surface area contributed by atoms with E-state index in [4.69, 9.17) is 39.5 Å². The van der Waals surface area contributed by atoms with Crippen molar-refractivity contribution in [1.29, 1.82) is 0 Å². The zero-order valence-corrected chi connectivity index (χ0v) is 20.9. The maximum Gasteiger partial charge on any atom is 0.325 e. The molecule has 1 heterocycles. The molecule has 0 aromatic heterocycles. The summed E-state index contributed by atoms with van der Waals surface area (Å²) in [6.45, 7) is 6.86. The molecule has 1 aliphatic rings. The lowest BCUT2D eigenvalue weighted by Gasteiger charge is -2.34. The molecule has 3 unspecified atom stereocenters. The molecule has 9 nitrogen and oxygen atoms in total. The quantitative estimate of drug-likeness (QED) is 0.247. The Bertz CT molecular complexity index is 712. The zero-order chi connectivity index (χ0) is 24.5. The van der Waals surface area contributed by atoms with Crippen molar-refractivity contribution in [2.24, 2.45) is 5.92 Å². The molecule has 1 aliphatic heterocycles. The Morgan fingerprint density at radius 2 is 1.84 bits per heavy atom. The second-order valence-corrected chi connectivity index (χ2v) is 10.3. The highest BCUT2D eigenvalue weighted by Gasteiger charge is 2.34. The van der Waals surface area contributed by atoms with Gasteiger partial charge >= 0.3 is 5.97 Å². The minimum atomic E-state index is -1.73. The summed E-state index contributed by atoms with van der Waals surface area (Å²) < 4.78 is 3.24. The summed E-state index contributed by atoms with van der Waals surface area (Å²) in [6, 6.07) is -2.46. The van der Waals surface area contributed by atoms with Crippen LogP contribution in [0, 0.1) is 5.92 Å². The van der Waals surface area contributed by atoms with Gasteiger partial charge in [-0.3, -0.25) is 24.2 Å². The molecule has 1 rings (SSSR count). The molecule has 182 valence electrons. The van der Waals surface area contributed by atoms with Gasteiger partial charge < -0.3 is 15.4 Å². The van der Waals surface area contributed by atoms with E-state index in [2.05, 4.69) is 16.1 Å². The van der Waals surface area contributed by atoms with E-state index in [-0.39, 0.29) is 18.2 Å². The molecule has 3 atom stereocenters. The standard InChI is InChI=1S/C20H31Cl3N4O5/c1-5-6-9-15(28)25-16(12(2)3)17(29)24-13(4)18(30)27-10-7-8-14(26-27)19(31)32-11-20(21,22)23/h5-6,12-14,16,26H,7-11H2,1-4H3,(H,24,29)(H,25,28)/b6-5+. The van der Waals surface area contributed by atoms with Crippen LogP contribution in [-0.2, 0) is 23.9 Å². The molecular weight excluding hydrogens is 483 g/mol. The third-order valence-electron chi connectivity index (χ3n) is 4.65. The molecule has 0 aromatic carbocycles. The van der Waals surface area contributed by atoms with Gasteiger partial charge in [0.25, 0.3) is 5.91 Å². The number of esters is 1. The monoisotopic (exact) mass is 512 g/mol. The lowest BCUT2D eigenvalue weighted by atomic mass is 10.0. The molecule has 0 saturated carbocycles. The number of hydrogen-bond donors (Lipinski definition) is 3. The number of carbonyl (C=O) groups excluding carboxylic acids is 4. The number of nitrogens with one attached hydrogen (secondary N) is 3. The molecule has 32 heavy (non-hydrogen) atoms. The first-order valence-corrected chi connectivity index (χ1v) is 11.5. The fourth-order valence-corrected chi connectivity index (χ4v) is 3.12. The SMILES string of the molecule is C/C=C/CC(=O)NC(C(=O)NC(C)C(=O)N1CCCC(C(=O)OCC(Cl)(Cl)Cl)N1)C(C)C. The summed E-state index contributed by atoms with van der Waals surface area (Å²) in [4.78, 5) is 49.7. The fourth-order valence-electron chi connectivity index (χ4n) is 2.96. The molecule has 0 spiro atoms. The van der Waals surface area contributed by atoms with Crippen molar-refractivity contribution in [3.63, 3.8) is 0 Å². The van der Waals surface area contributed by atoms with E-state index in [9.17, 15) is 19.2 Å². The van der Waals surface area contributed by atoms with Gasteiger partial charge in [-0.1, -0.05) is 60.8 Å². The third kappa shape index (κ3) is 9.94. The average molecular weight is 514 g/mol. The van der Waals surface area contributed by atoms with Crippen LogP contribution in [-0.4, -0.2) is 63.8 Å². The van der Waals surface area contributed by atoms with Gasteiger partial charge in [-0.25, -0.2) is 5.43 Å². The van der Waals surface area contributed by atoms with E-state index in [0.717, 1.165) is 0 Å². The van der Waals surface area contributed by atoms with E-state index in [1.807, 2.05) is 0 Å². The van der Waals surface area contributed by atoms with Crippen LogP contribution in [0.3, 0.4) is 0 Å². The molecule has 3 N–H and O–H groups in total. The van der Waals surface area contributed by atoms with Crippen LogP contribution in [0.5, 0.6) is 0 Å². The number of carbonyl (C=O) groups is 4. The largest absolute Gasteiger partial charge is 0.460 e. The summed E-state index contributed by atoms with van der Waals surface area (Å²) in [7, 11) is 0. The van der Waals surface area contributed by atoms with Crippen LogP contribution in [0.1, 0.15) is 47.0 Å². The molecule has 12 heteroatoms. The molecule has 1 saturated heterocycles. The highest BCUT2D eigenvalue weighted by atomic mass is 35.6. The van der Waals surface area contributed by atoms with Gasteiger partial charge in [-0.15, -0.1) is 0 Å². The highest BCUT2D eigenvalue weighted by molar-refractivity contribution is 6.67. The summed E-state index contributed by atoms with van der Waals surface area (Å²) in [5, 5.41) is 6.59. The maximum absolute atomic E-state index is 12.8. The zero-order valence-electron chi connectivity index (χ0n) is 18.6. The van der Waals surface area contributed by atoms with Crippen molar-refractivity contribution in [3.05, 3.63) is 12.2 Å². The Kier molecular flexibility index (Phi) is 11.8. The predicted molar refractivity (Wildman–Crippen MR) is 123 cm³/mol. The number of nitrogens with zero attached hydrogens (tertiary/aromatic N) is 1. The Hall–Kier alpha value is -1.55. The van der Waals surface area contributed by atoms with Gasteiger partial charge in [0.05, 0.1) is 0 Å². The Labute approximate surface area is 203 Å². The Balaban J connectivity index is 2.67. The van der Waals surface area contributed by atoms with Gasteiger partial charge in [0.2, 0.25) is 15.6 Å². The van der Waals surface area contributed by atoms with E-state index in [1.54, 1.807) is 32.9 Å². The average Bonchev–Trinajstić information content (AvgIpc) is 2.72. The summed E-state index contributed by atoms with van der Waals surface area (Å²) in [6.07, 6.45) is 4.58. The van der Waals surface area contributed by atoms with Gasteiger partial charge in [-0.2, -0.15) is 0 Å². The van der Waals surface area contributed by atoms with Crippen LogP contribution in [0.25, 0.3) is 0 Å². The van der Waals surface area contributed by atoms with Crippen molar-refractivity contribution in [2.45, 2.75) is 68.9 Å². The van der Waals surface area contributed by atoms with Gasteiger partial charge in [0.15, 0.2) is 0 Å². The summed E-state index contributed by atoms with van der Waals surface area (Å²) >= 11 is 16.8. The molecule has 0 aliphatic carbocycles. The van der Waals surface area contributed by atoms with Crippen LogP contribution in [0.15, 0.2) is 12.2 Å². The smallest absolute Gasteiger partial charge is 0.325 e. The van der Waals surface area contributed by atoms with E-state index < -0.39 is 46.3 Å². The number of halogens is 3. The number of hydrogen-bond acceptors (Lipinski definition) is 6. The van der Waals surface area contributed by atoms with Crippen LogP contribution >= 0.6 is 34.8 Å². The third-order valence-corrected chi connectivity index (χ3v) is 4.98. The molecule has 0 aromatic rings. The van der Waals surface area contributed by atoms with E-state index in [0.29, 0.717) is 19.4 Å². The molecule has 0 radical (unpaired) electrons. The Morgan fingerprint density at radius 1 is 1.19 bits per heavy atom. The minimum Gasteiger partial charge on any atom is -0.460 e. The van der Waals surface area contributed by atoms with Gasteiger partial charge in [0, 0.05) is 13.0 Å². The first-order chi connectivity index (χ1) is 14.9. The van der Waals surface area contributed by atoms with Crippen molar-refractivity contribution in [3.8, 4) is 0 Å². The predicted octanol–water partition coefficient (Wildman–Crippen LogP) is 2.01. The van der Waals surface area contributed by atoms with Crippen LogP contribution in [0.4, 0.5) is 0 Å². The fraction of sp³-hybridized carbons (Fsp3) is 0.700. The van der Waals surface area contributed by atoms with E-state index in [1.165, 1.54) is 11.9 Å². The number of hydrazine groups is 1. The van der Waals surface area contributed by atoms with E-state index >= 15 is 0 Å². The normalized spacial score (nSPS) is 18.9. The first-order valence-electron chi connectivity index (χ1n) is 10.4. The summed E-state index contributed by atoms with van der Waals surface area (Å²) in [5.74, 6) is -2.01. The van der Waals surface area contributed by atoms with Crippen molar-refractivity contribution >= 4 is 58.5 Å². The maximum atomic E-state index is 12.8. The minimum absolute atomic E-state index is 0.162. The molecule has 1 fully saturated rings. The van der Waals surface area contributed by atoms with Crippen molar-refractivity contribution in [2.75, 3.05) is 13.2 Å². The van der Waals surface area contributed by atoms with Crippen molar-refractivity contribution in [1.82, 2.24) is 21.1 Å². The topological polar surface area (TPSA) is 117 Å². The lowest BCUT2D eigenvalue weighted by molar-refractivity contribution is -0.152. The molecular formula is C20H31Cl3N4O5. The molecule has 0 bridgehead atoms. The lowest BCUT2D eigenvalue weighted by Crippen LogP contribution is -2.61. The number of ether oxygens (including phenoxy) is 1. The second-order valence-electron chi connectivity index (χ2n) is 7.83.